The van der Waals surface area contributed by atoms with E-state index in [0.29, 0.717) is 11.1 Å². The lowest BCUT2D eigenvalue weighted by atomic mass is 9.49. The molecule has 1 aromatic carbocycles. The lowest BCUT2D eigenvalue weighted by Crippen LogP contribution is -2.48. The fraction of sp³-hybridized carbons (Fsp3) is 0.526. The molecule has 0 atom stereocenters. The smallest absolute Gasteiger partial charge is 0.240 e. The summed E-state index contributed by atoms with van der Waals surface area (Å²) in [4.78, 5) is 17.9. The fourth-order valence-electron chi connectivity index (χ4n) is 5.97. The number of fused-ring (bicyclic) bond motifs is 1. The van der Waals surface area contributed by atoms with Gasteiger partial charge in [-0.15, -0.1) is 0 Å². The van der Waals surface area contributed by atoms with Gasteiger partial charge in [-0.25, -0.2) is 4.79 Å². The Morgan fingerprint density at radius 2 is 1.73 bits per heavy atom. The van der Waals surface area contributed by atoms with Crippen molar-refractivity contribution in [1.29, 1.82) is 0 Å². The molecule has 2 aromatic rings. The van der Waals surface area contributed by atoms with Crippen LogP contribution in [0.4, 0.5) is 5.69 Å². The van der Waals surface area contributed by atoms with E-state index >= 15 is 0 Å². The van der Waals surface area contributed by atoms with E-state index in [2.05, 4.69) is 16.0 Å². The minimum absolute atomic E-state index is 0.391. The van der Waals surface area contributed by atoms with Crippen LogP contribution >= 0.6 is 0 Å². The number of aliphatic imine (C=N–C) groups is 1. The molecule has 22 heavy (non-hydrogen) atoms. The van der Waals surface area contributed by atoms with Crippen molar-refractivity contribution in [3.8, 4) is 0 Å². The summed E-state index contributed by atoms with van der Waals surface area (Å²) in [5, 5.41) is 1.17. The van der Waals surface area contributed by atoms with Crippen molar-refractivity contribution in [2.75, 3.05) is 0 Å². The summed E-state index contributed by atoms with van der Waals surface area (Å²) >= 11 is 0. The predicted octanol–water partition coefficient (Wildman–Crippen LogP) is 4.60. The van der Waals surface area contributed by atoms with Gasteiger partial charge in [0.15, 0.2) is 0 Å². The van der Waals surface area contributed by atoms with E-state index in [1.807, 2.05) is 18.2 Å². The second-order valence-corrected chi connectivity index (χ2v) is 7.86. The number of benzene rings is 1. The Hall–Kier alpha value is -1.86. The first-order valence-corrected chi connectivity index (χ1v) is 8.45. The molecule has 4 bridgehead atoms. The Morgan fingerprint density at radius 1 is 1.05 bits per heavy atom. The highest BCUT2D eigenvalue weighted by Gasteiger charge is 2.52. The molecule has 3 heteroatoms. The molecule has 0 unspecified atom stereocenters. The molecular weight excluding hydrogens is 272 g/mol. The molecule has 1 heterocycles. The van der Waals surface area contributed by atoms with Gasteiger partial charge in [-0.3, -0.25) is 0 Å². The predicted molar refractivity (Wildman–Crippen MR) is 85.9 cm³/mol. The zero-order chi connectivity index (χ0) is 14.7. The number of aromatic nitrogens is 1. The molecule has 0 radical (unpaired) electrons. The molecule has 4 saturated carbocycles. The second kappa shape index (κ2) is 4.33. The van der Waals surface area contributed by atoms with E-state index < -0.39 is 0 Å². The summed E-state index contributed by atoms with van der Waals surface area (Å²) in [7, 11) is 0. The van der Waals surface area contributed by atoms with Crippen molar-refractivity contribution in [2.24, 2.45) is 22.7 Å². The van der Waals surface area contributed by atoms with Crippen molar-refractivity contribution in [1.82, 2.24) is 4.98 Å². The van der Waals surface area contributed by atoms with Crippen LogP contribution in [0.25, 0.3) is 10.9 Å². The van der Waals surface area contributed by atoms with E-state index in [9.17, 15) is 4.79 Å². The maximum Gasteiger partial charge on any atom is 0.240 e. The summed E-state index contributed by atoms with van der Waals surface area (Å²) in [6.45, 7) is 0. The molecule has 4 aliphatic rings. The number of nitrogens with zero attached hydrogens (tertiary/aromatic N) is 1. The maximum atomic E-state index is 10.4. The van der Waals surface area contributed by atoms with Gasteiger partial charge in [-0.2, -0.15) is 4.99 Å². The van der Waals surface area contributed by atoms with E-state index in [1.54, 1.807) is 6.08 Å². The second-order valence-electron chi connectivity index (χ2n) is 7.86. The van der Waals surface area contributed by atoms with Crippen LogP contribution < -0.4 is 0 Å². The zero-order valence-corrected chi connectivity index (χ0v) is 12.6. The normalized spacial score (nSPS) is 35.7. The van der Waals surface area contributed by atoms with Crippen LogP contribution in [0.1, 0.15) is 44.2 Å². The van der Waals surface area contributed by atoms with E-state index in [-0.39, 0.29) is 0 Å². The first kappa shape index (κ1) is 12.7. The number of aromatic amines is 1. The van der Waals surface area contributed by atoms with Crippen LogP contribution in [-0.4, -0.2) is 11.1 Å². The number of hydrogen-bond donors (Lipinski definition) is 1. The van der Waals surface area contributed by atoms with Gasteiger partial charge in [0.05, 0.1) is 5.69 Å². The maximum absolute atomic E-state index is 10.4. The zero-order valence-electron chi connectivity index (χ0n) is 12.6. The van der Waals surface area contributed by atoms with Crippen LogP contribution in [0.2, 0.25) is 0 Å². The van der Waals surface area contributed by atoms with Gasteiger partial charge >= 0.3 is 0 Å². The third kappa shape index (κ3) is 1.75. The van der Waals surface area contributed by atoms with Gasteiger partial charge in [0.25, 0.3) is 0 Å². The number of H-pyrrole nitrogens is 1. The summed E-state index contributed by atoms with van der Waals surface area (Å²) in [6, 6.07) is 8.22. The average Bonchev–Trinajstić information content (AvgIpc) is 2.90. The fourth-order valence-corrected chi connectivity index (χ4v) is 5.97. The minimum atomic E-state index is 0.391. The number of isocyanates is 1. The van der Waals surface area contributed by atoms with Gasteiger partial charge in [0, 0.05) is 22.0 Å². The summed E-state index contributed by atoms with van der Waals surface area (Å²) in [5.74, 6) is 2.86. The third-order valence-electron chi connectivity index (χ3n) is 6.39. The van der Waals surface area contributed by atoms with Crippen molar-refractivity contribution in [2.45, 2.75) is 43.9 Å². The Balaban J connectivity index is 1.60. The van der Waals surface area contributed by atoms with Gasteiger partial charge in [-0.05, 0) is 80.5 Å². The molecule has 6 rings (SSSR count). The topological polar surface area (TPSA) is 45.2 Å². The first-order valence-electron chi connectivity index (χ1n) is 8.45. The van der Waals surface area contributed by atoms with Crippen molar-refractivity contribution < 1.29 is 4.79 Å². The van der Waals surface area contributed by atoms with Crippen LogP contribution in [0, 0.1) is 17.8 Å². The van der Waals surface area contributed by atoms with Crippen LogP contribution in [-0.2, 0) is 10.2 Å². The summed E-state index contributed by atoms with van der Waals surface area (Å²) < 4.78 is 0. The van der Waals surface area contributed by atoms with Crippen molar-refractivity contribution in [3.63, 3.8) is 0 Å². The van der Waals surface area contributed by atoms with Crippen molar-refractivity contribution in [3.05, 3.63) is 30.0 Å². The van der Waals surface area contributed by atoms with Crippen molar-refractivity contribution >= 4 is 22.7 Å². The Morgan fingerprint density at radius 3 is 2.36 bits per heavy atom. The molecular formula is C19H20N2O. The van der Waals surface area contributed by atoms with E-state index in [4.69, 9.17) is 0 Å². The van der Waals surface area contributed by atoms with Gasteiger partial charge in [0.1, 0.15) is 0 Å². The largest absolute Gasteiger partial charge is 0.358 e. The molecule has 1 N–H and O–H groups in total. The van der Waals surface area contributed by atoms with Crippen LogP contribution in [0.5, 0.6) is 0 Å². The van der Waals surface area contributed by atoms with Crippen LogP contribution in [0.15, 0.2) is 29.3 Å². The summed E-state index contributed by atoms with van der Waals surface area (Å²) in [6.07, 6.45) is 10.1. The van der Waals surface area contributed by atoms with E-state index in [1.165, 1.54) is 49.6 Å². The highest BCUT2D eigenvalue weighted by molar-refractivity contribution is 5.84. The number of rotatable bonds is 2. The average molecular weight is 292 g/mol. The molecule has 3 nitrogen and oxygen atoms in total. The van der Waals surface area contributed by atoms with Gasteiger partial charge < -0.3 is 4.98 Å². The molecule has 112 valence electrons. The Kier molecular flexibility index (Phi) is 2.49. The number of hydrogen-bond acceptors (Lipinski definition) is 2. The monoisotopic (exact) mass is 292 g/mol. The minimum Gasteiger partial charge on any atom is -0.358 e. The SMILES string of the molecule is O=C=Nc1ccc2[nH]c(C34CC5CC(CC(C5)C3)C4)cc2c1. The quantitative estimate of drug-likeness (QED) is 0.638. The molecule has 4 aliphatic carbocycles. The van der Waals surface area contributed by atoms with Gasteiger partial charge in [-0.1, -0.05) is 0 Å². The number of nitrogens with one attached hydrogen (secondary N) is 1. The highest BCUT2D eigenvalue weighted by atomic mass is 16.1. The molecule has 0 spiro atoms. The molecule has 0 amide bonds. The number of carbonyl (C=O) groups excluding carboxylic acids is 1. The summed E-state index contributed by atoms with van der Waals surface area (Å²) in [5.41, 5.74) is 3.67. The molecule has 0 aliphatic heterocycles. The highest BCUT2D eigenvalue weighted by Crippen LogP contribution is 2.60. The molecule has 0 saturated heterocycles. The van der Waals surface area contributed by atoms with E-state index in [0.717, 1.165) is 23.3 Å². The van der Waals surface area contributed by atoms with Gasteiger partial charge in [0.2, 0.25) is 6.08 Å². The molecule has 1 aromatic heterocycles. The Labute approximate surface area is 129 Å². The first-order chi connectivity index (χ1) is 10.7. The Bertz CT molecular complexity index is 762. The lowest BCUT2D eigenvalue weighted by molar-refractivity contribution is -0.00686. The lowest BCUT2D eigenvalue weighted by Gasteiger charge is -2.56. The third-order valence-corrected chi connectivity index (χ3v) is 6.39. The van der Waals surface area contributed by atoms with Crippen LogP contribution in [0.3, 0.4) is 0 Å². The standard InChI is InChI=1S/C19H20N2O/c22-11-20-16-1-2-17-15(6-16)7-18(21-17)19-8-12-3-13(9-19)5-14(4-12)10-19/h1-2,6-7,12-14,21H,3-5,8-10H2. The molecule has 4 fully saturated rings.